The Bertz CT molecular complexity index is 668. The Balaban J connectivity index is 2.13. The largest absolute Gasteiger partial charge is 0.492 e. The summed E-state index contributed by atoms with van der Waals surface area (Å²) in [4.78, 5) is 0.229. The molecule has 21 heavy (non-hydrogen) atoms. The molecule has 2 aliphatic rings. The highest BCUT2D eigenvalue weighted by Gasteiger charge is 2.42. The van der Waals surface area contributed by atoms with Crippen molar-refractivity contribution in [2.24, 2.45) is 0 Å². The van der Waals surface area contributed by atoms with Gasteiger partial charge in [0, 0.05) is 17.8 Å². The van der Waals surface area contributed by atoms with Gasteiger partial charge in [-0.3, -0.25) is 0 Å². The van der Waals surface area contributed by atoms with Crippen molar-refractivity contribution in [2.45, 2.75) is 50.0 Å². The molecule has 5 nitrogen and oxygen atoms in total. The van der Waals surface area contributed by atoms with Crippen molar-refractivity contribution in [2.75, 3.05) is 18.9 Å². The molecular weight excluding hydrogens is 288 g/mol. The summed E-state index contributed by atoms with van der Waals surface area (Å²) >= 11 is 0. The number of anilines is 1. The lowest BCUT2D eigenvalue weighted by Gasteiger charge is -2.32. The number of nitrogens with two attached hydrogens (primary N) is 1. The van der Waals surface area contributed by atoms with Gasteiger partial charge in [0.05, 0.1) is 6.61 Å². The molecule has 0 unspecified atom stereocenters. The topological polar surface area (TPSA) is 72.6 Å². The van der Waals surface area contributed by atoms with Gasteiger partial charge in [-0.15, -0.1) is 0 Å². The standard InChI is InChI=1S/C15H22N2O3S/c1-15(2)6-4-7-17(15)21(18,19)13-10-12(16)9-11-5-3-8-20-14(11)13/h9-10H,3-8,16H2,1-2H3. The van der Waals surface area contributed by atoms with Crippen molar-refractivity contribution in [3.8, 4) is 5.75 Å². The van der Waals surface area contributed by atoms with Gasteiger partial charge in [-0.05, 0) is 57.2 Å². The van der Waals surface area contributed by atoms with Gasteiger partial charge in [0.1, 0.15) is 10.6 Å². The fourth-order valence-corrected chi connectivity index (χ4v) is 5.37. The molecule has 0 spiro atoms. The quantitative estimate of drug-likeness (QED) is 0.850. The van der Waals surface area contributed by atoms with Crippen molar-refractivity contribution in [3.63, 3.8) is 0 Å². The maximum atomic E-state index is 13.1. The van der Waals surface area contributed by atoms with Crippen LogP contribution in [-0.2, 0) is 16.4 Å². The summed E-state index contributed by atoms with van der Waals surface area (Å²) in [7, 11) is -3.58. The van der Waals surface area contributed by atoms with Gasteiger partial charge in [0.15, 0.2) is 0 Å². The third kappa shape index (κ3) is 2.40. The van der Waals surface area contributed by atoms with Crippen LogP contribution in [0.25, 0.3) is 0 Å². The van der Waals surface area contributed by atoms with Crippen molar-refractivity contribution in [1.82, 2.24) is 4.31 Å². The van der Waals surface area contributed by atoms with Crippen LogP contribution in [0.4, 0.5) is 5.69 Å². The number of hydrogen-bond donors (Lipinski definition) is 1. The molecule has 0 aliphatic carbocycles. The second-order valence-electron chi connectivity index (χ2n) is 6.45. The van der Waals surface area contributed by atoms with Crippen molar-refractivity contribution in [3.05, 3.63) is 17.7 Å². The number of fused-ring (bicyclic) bond motifs is 1. The first-order chi connectivity index (χ1) is 9.82. The number of aryl methyl sites for hydroxylation is 1. The SMILES string of the molecule is CC1(C)CCCN1S(=O)(=O)c1cc(N)cc2c1OCCC2. The lowest BCUT2D eigenvalue weighted by Crippen LogP contribution is -2.42. The predicted octanol–water partition coefficient (Wildman–Crippen LogP) is 2.16. The van der Waals surface area contributed by atoms with Crippen molar-refractivity contribution < 1.29 is 13.2 Å². The first-order valence-corrected chi connectivity index (χ1v) is 8.84. The summed E-state index contributed by atoms with van der Waals surface area (Å²) in [6.07, 6.45) is 3.46. The minimum Gasteiger partial charge on any atom is -0.492 e. The van der Waals surface area contributed by atoms with E-state index in [1.807, 2.05) is 19.9 Å². The number of benzene rings is 1. The van der Waals surface area contributed by atoms with Crippen LogP contribution in [0.3, 0.4) is 0 Å². The van der Waals surface area contributed by atoms with Crippen LogP contribution in [0, 0.1) is 0 Å². The predicted molar refractivity (Wildman–Crippen MR) is 81.9 cm³/mol. The minimum atomic E-state index is -3.58. The molecule has 0 radical (unpaired) electrons. The monoisotopic (exact) mass is 310 g/mol. The first-order valence-electron chi connectivity index (χ1n) is 7.40. The second kappa shape index (κ2) is 4.88. The van der Waals surface area contributed by atoms with E-state index >= 15 is 0 Å². The zero-order valence-electron chi connectivity index (χ0n) is 12.6. The molecule has 0 aromatic heterocycles. The molecule has 116 valence electrons. The van der Waals surface area contributed by atoms with E-state index in [0.717, 1.165) is 31.2 Å². The van der Waals surface area contributed by atoms with E-state index in [0.29, 0.717) is 24.6 Å². The molecule has 1 aromatic rings. The van der Waals surface area contributed by atoms with E-state index in [1.54, 1.807) is 4.31 Å². The summed E-state index contributed by atoms with van der Waals surface area (Å²) in [6, 6.07) is 3.36. The molecule has 2 heterocycles. The van der Waals surface area contributed by atoms with Gasteiger partial charge in [-0.25, -0.2) is 8.42 Å². The molecule has 6 heteroatoms. The minimum absolute atomic E-state index is 0.229. The Morgan fingerprint density at radius 2 is 2.05 bits per heavy atom. The van der Waals surface area contributed by atoms with Crippen LogP contribution in [0.1, 0.15) is 38.7 Å². The normalized spacial score (nSPS) is 21.8. The zero-order valence-corrected chi connectivity index (χ0v) is 13.4. The summed E-state index contributed by atoms with van der Waals surface area (Å²) in [6.45, 7) is 5.05. The van der Waals surface area contributed by atoms with Crippen molar-refractivity contribution >= 4 is 15.7 Å². The Kier molecular flexibility index (Phi) is 3.41. The Hall–Kier alpha value is -1.27. The molecule has 1 saturated heterocycles. The third-order valence-corrected chi connectivity index (χ3v) is 6.50. The molecule has 2 N–H and O–H groups in total. The number of nitrogens with zero attached hydrogens (tertiary/aromatic N) is 1. The second-order valence-corrected chi connectivity index (χ2v) is 8.28. The van der Waals surface area contributed by atoms with Gasteiger partial charge >= 0.3 is 0 Å². The molecule has 0 atom stereocenters. The van der Waals surface area contributed by atoms with Crippen molar-refractivity contribution in [1.29, 1.82) is 0 Å². The lowest BCUT2D eigenvalue weighted by molar-refractivity contribution is 0.272. The third-order valence-electron chi connectivity index (χ3n) is 4.38. The van der Waals surface area contributed by atoms with E-state index in [-0.39, 0.29) is 10.4 Å². The van der Waals surface area contributed by atoms with E-state index in [9.17, 15) is 8.42 Å². The van der Waals surface area contributed by atoms with E-state index in [1.165, 1.54) is 6.07 Å². The zero-order chi connectivity index (χ0) is 15.3. The van der Waals surface area contributed by atoms with Crippen LogP contribution in [0.2, 0.25) is 0 Å². The Labute approximate surface area is 126 Å². The number of rotatable bonds is 2. The number of hydrogen-bond acceptors (Lipinski definition) is 4. The first kappa shape index (κ1) is 14.7. The molecule has 2 aliphatic heterocycles. The molecule has 0 amide bonds. The van der Waals surface area contributed by atoms with Crippen LogP contribution in [0.5, 0.6) is 5.75 Å². The highest BCUT2D eigenvalue weighted by atomic mass is 32.2. The highest BCUT2D eigenvalue weighted by Crippen LogP contribution is 2.40. The summed E-state index contributed by atoms with van der Waals surface area (Å²) in [5.41, 5.74) is 6.93. The van der Waals surface area contributed by atoms with E-state index < -0.39 is 10.0 Å². The molecule has 0 saturated carbocycles. The maximum Gasteiger partial charge on any atom is 0.247 e. The van der Waals surface area contributed by atoms with Gasteiger partial charge in [0.2, 0.25) is 10.0 Å². The fraction of sp³-hybridized carbons (Fsp3) is 0.600. The average molecular weight is 310 g/mol. The number of ether oxygens (including phenoxy) is 1. The molecule has 3 rings (SSSR count). The maximum absolute atomic E-state index is 13.1. The summed E-state index contributed by atoms with van der Waals surface area (Å²) < 4.78 is 33.4. The molecule has 1 fully saturated rings. The fourth-order valence-electron chi connectivity index (χ4n) is 3.31. The molecule has 1 aromatic carbocycles. The van der Waals surface area contributed by atoms with Crippen LogP contribution < -0.4 is 10.5 Å². The van der Waals surface area contributed by atoms with E-state index in [4.69, 9.17) is 10.5 Å². The number of nitrogen functional groups attached to an aromatic ring is 1. The summed E-state index contributed by atoms with van der Waals surface area (Å²) in [5, 5.41) is 0. The smallest absolute Gasteiger partial charge is 0.247 e. The van der Waals surface area contributed by atoms with Gasteiger partial charge in [-0.1, -0.05) is 0 Å². The highest BCUT2D eigenvalue weighted by molar-refractivity contribution is 7.89. The van der Waals surface area contributed by atoms with Gasteiger partial charge in [-0.2, -0.15) is 4.31 Å². The summed E-state index contributed by atoms with van der Waals surface area (Å²) in [5.74, 6) is 0.498. The average Bonchev–Trinajstić information content (AvgIpc) is 2.78. The van der Waals surface area contributed by atoms with Gasteiger partial charge < -0.3 is 10.5 Å². The van der Waals surface area contributed by atoms with Crippen LogP contribution >= 0.6 is 0 Å². The Morgan fingerprint density at radius 3 is 2.71 bits per heavy atom. The van der Waals surface area contributed by atoms with Crippen LogP contribution in [0.15, 0.2) is 17.0 Å². The molecule has 0 bridgehead atoms. The number of sulfonamides is 1. The van der Waals surface area contributed by atoms with Crippen LogP contribution in [-0.4, -0.2) is 31.4 Å². The van der Waals surface area contributed by atoms with Gasteiger partial charge in [0.25, 0.3) is 0 Å². The Morgan fingerprint density at radius 1 is 1.29 bits per heavy atom. The molecular formula is C15H22N2O3S. The van der Waals surface area contributed by atoms with E-state index in [2.05, 4.69) is 0 Å². The lowest BCUT2D eigenvalue weighted by atomic mass is 10.0.